The molecule has 4 aromatic rings. The molecule has 0 bridgehead atoms. The molecule has 0 aliphatic carbocycles. The van der Waals surface area contributed by atoms with Crippen LogP contribution in [0.15, 0.2) is 72.8 Å². The van der Waals surface area contributed by atoms with Gasteiger partial charge in [0.25, 0.3) is 0 Å². The van der Waals surface area contributed by atoms with Crippen molar-refractivity contribution in [2.24, 2.45) is 0 Å². The van der Waals surface area contributed by atoms with Gasteiger partial charge in [0.1, 0.15) is 5.75 Å². The Labute approximate surface area is 195 Å². The van der Waals surface area contributed by atoms with E-state index in [-0.39, 0.29) is 6.10 Å². The van der Waals surface area contributed by atoms with Crippen LogP contribution >= 0.6 is 0 Å². The second-order valence-electron chi connectivity index (χ2n) is 8.15. The molecular formula is C28H32N2O3. The van der Waals surface area contributed by atoms with E-state index in [4.69, 9.17) is 19.2 Å². The lowest BCUT2D eigenvalue weighted by Crippen LogP contribution is -2.15. The zero-order valence-electron chi connectivity index (χ0n) is 19.7. The van der Waals surface area contributed by atoms with Gasteiger partial charge in [-0.15, -0.1) is 0 Å². The molecule has 0 N–H and O–H groups in total. The van der Waals surface area contributed by atoms with Gasteiger partial charge in [0.05, 0.1) is 24.8 Å². The minimum absolute atomic E-state index is 0.107. The minimum Gasteiger partial charge on any atom is -0.493 e. The number of rotatable bonds is 11. The van der Waals surface area contributed by atoms with E-state index in [1.807, 2.05) is 42.5 Å². The largest absolute Gasteiger partial charge is 0.493 e. The Morgan fingerprint density at radius 2 is 1.70 bits per heavy atom. The van der Waals surface area contributed by atoms with Gasteiger partial charge in [0, 0.05) is 6.54 Å². The van der Waals surface area contributed by atoms with Crippen LogP contribution in [0.5, 0.6) is 17.2 Å². The van der Waals surface area contributed by atoms with Crippen LogP contribution in [0.25, 0.3) is 11.0 Å². The maximum Gasteiger partial charge on any atom is 0.161 e. The smallest absolute Gasteiger partial charge is 0.161 e. The van der Waals surface area contributed by atoms with Crippen molar-refractivity contribution in [2.45, 2.75) is 45.8 Å². The first kappa shape index (κ1) is 22.7. The van der Waals surface area contributed by atoms with Crippen molar-refractivity contribution in [3.05, 3.63) is 84.2 Å². The van der Waals surface area contributed by atoms with E-state index in [9.17, 15) is 0 Å². The molecular weight excluding hydrogens is 412 g/mol. The van der Waals surface area contributed by atoms with Crippen molar-refractivity contribution in [3.8, 4) is 17.2 Å². The molecule has 0 aliphatic heterocycles. The molecule has 1 heterocycles. The molecule has 1 atom stereocenters. The summed E-state index contributed by atoms with van der Waals surface area (Å²) in [5.41, 5.74) is 3.33. The van der Waals surface area contributed by atoms with Crippen LogP contribution < -0.4 is 14.2 Å². The van der Waals surface area contributed by atoms with Gasteiger partial charge in [-0.2, -0.15) is 0 Å². The highest BCUT2D eigenvalue weighted by atomic mass is 16.5. The van der Waals surface area contributed by atoms with Crippen molar-refractivity contribution in [2.75, 3.05) is 13.7 Å². The molecule has 4 rings (SSSR count). The number of benzene rings is 3. The maximum absolute atomic E-state index is 6.39. The number of hydrogen-bond donors (Lipinski definition) is 0. The fourth-order valence-corrected chi connectivity index (χ4v) is 4.04. The average molecular weight is 445 g/mol. The van der Waals surface area contributed by atoms with E-state index in [1.54, 1.807) is 7.11 Å². The molecule has 1 aromatic heterocycles. The second kappa shape index (κ2) is 10.9. The summed E-state index contributed by atoms with van der Waals surface area (Å²) in [6.45, 7) is 5.72. The molecule has 33 heavy (non-hydrogen) atoms. The van der Waals surface area contributed by atoms with Gasteiger partial charge in [-0.25, -0.2) is 4.98 Å². The van der Waals surface area contributed by atoms with Gasteiger partial charge in [-0.1, -0.05) is 43.3 Å². The topological polar surface area (TPSA) is 45.5 Å². The van der Waals surface area contributed by atoms with E-state index in [2.05, 4.69) is 48.7 Å². The van der Waals surface area contributed by atoms with Crippen LogP contribution in [-0.2, 0) is 6.54 Å². The summed E-state index contributed by atoms with van der Waals surface area (Å²) in [5.74, 6) is 3.40. The van der Waals surface area contributed by atoms with Gasteiger partial charge >= 0.3 is 0 Å². The molecule has 0 saturated heterocycles. The van der Waals surface area contributed by atoms with Crippen molar-refractivity contribution in [3.63, 3.8) is 0 Å². The standard InChI is InChI=1S/C28H32N2O3/c1-4-25(33-22-13-11-12-21(2)20-22)28-29-23-14-5-6-15-24(23)30(28)18-9-10-19-32-27-17-8-7-16-26(27)31-3/h5-8,11-17,20,25H,4,9-10,18-19H2,1-3H3. The van der Waals surface area contributed by atoms with Crippen LogP contribution in [0, 0.1) is 6.92 Å². The molecule has 3 aromatic carbocycles. The number of hydrogen-bond acceptors (Lipinski definition) is 4. The van der Waals surface area contributed by atoms with Gasteiger partial charge in [0.2, 0.25) is 0 Å². The van der Waals surface area contributed by atoms with Gasteiger partial charge in [-0.3, -0.25) is 0 Å². The second-order valence-corrected chi connectivity index (χ2v) is 8.15. The number of aryl methyl sites for hydroxylation is 2. The van der Waals surface area contributed by atoms with Crippen LogP contribution in [0.1, 0.15) is 43.7 Å². The third kappa shape index (κ3) is 5.48. The number of nitrogens with zero attached hydrogens (tertiary/aromatic N) is 2. The number of unbranched alkanes of at least 4 members (excludes halogenated alkanes) is 1. The SMILES string of the molecule is CCC(Oc1cccc(C)c1)c1nc2ccccc2n1CCCCOc1ccccc1OC. The fourth-order valence-electron chi connectivity index (χ4n) is 4.04. The van der Waals surface area contributed by atoms with Crippen molar-refractivity contribution in [1.29, 1.82) is 0 Å². The Balaban J connectivity index is 1.46. The summed E-state index contributed by atoms with van der Waals surface area (Å²) in [6, 6.07) is 24.3. The molecule has 0 saturated carbocycles. The highest BCUT2D eigenvalue weighted by Gasteiger charge is 2.20. The van der Waals surface area contributed by atoms with Crippen LogP contribution in [-0.4, -0.2) is 23.3 Å². The number of methoxy groups -OCH3 is 1. The lowest BCUT2D eigenvalue weighted by molar-refractivity contribution is 0.186. The summed E-state index contributed by atoms with van der Waals surface area (Å²) in [5, 5.41) is 0. The zero-order valence-corrected chi connectivity index (χ0v) is 19.7. The van der Waals surface area contributed by atoms with Crippen molar-refractivity contribution < 1.29 is 14.2 Å². The molecule has 0 fully saturated rings. The Hall–Kier alpha value is -3.47. The summed E-state index contributed by atoms with van der Waals surface area (Å²) < 4.78 is 20.0. The zero-order chi connectivity index (χ0) is 23.0. The molecule has 0 amide bonds. The summed E-state index contributed by atoms with van der Waals surface area (Å²) >= 11 is 0. The van der Waals surface area contributed by atoms with E-state index >= 15 is 0 Å². The normalized spacial score (nSPS) is 12.0. The first-order valence-corrected chi connectivity index (χ1v) is 11.6. The highest BCUT2D eigenvalue weighted by molar-refractivity contribution is 5.76. The molecule has 5 heteroatoms. The Morgan fingerprint density at radius 1 is 0.909 bits per heavy atom. The van der Waals surface area contributed by atoms with Gasteiger partial charge < -0.3 is 18.8 Å². The number of aromatic nitrogens is 2. The summed E-state index contributed by atoms with van der Waals surface area (Å²) in [4.78, 5) is 4.96. The van der Waals surface area contributed by atoms with Gasteiger partial charge in [0.15, 0.2) is 23.4 Å². The lowest BCUT2D eigenvalue weighted by Gasteiger charge is -2.19. The van der Waals surface area contributed by atoms with E-state index < -0.39 is 0 Å². The van der Waals surface area contributed by atoms with Gasteiger partial charge in [-0.05, 0) is 68.1 Å². The third-order valence-corrected chi connectivity index (χ3v) is 5.71. The Kier molecular flexibility index (Phi) is 7.51. The predicted octanol–water partition coefficient (Wildman–Crippen LogP) is 6.74. The van der Waals surface area contributed by atoms with Crippen LogP contribution in [0.4, 0.5) is 0 Å². The summed E-state index contributed by atoms with van der Waals surface area (Å²) in [7, 11) is 1.66. The molecule has 1 unspecified atom stereocenters. The Morgan fingerprint density at radius 3 is 2.48 bits per heavy atom. The Bertz CT molecular complexity index is 1180. The van der Waals surface area contributed by atoms with E-state index in [0.717, 1.165) is 59.9 Å². The predicted molar refractivity (Wildman–Crippen MR) is 132 cm³/mol. The third-order valence-electron chi connectivity index (χ3n) is 5.71. The average Bonchev–Trinajstić information content (AvgIpc) is 3.21. The molecule has 0 spiro atoms. The molecule has 5 nitrogen and oxygen atoms in total. The van der Waals surface area contributed by atoms with Crippen molar-refractivity contribution >= 4 is 11.0 Å². The number of fused-ring (bicyclic) bond motifs is 1. The van der Waals surface area contributed by atoms with Crippen LogP contribution in [0.2, 0.25) is 0 Å². The van der Waals surface area contributed by atoms with E-state index in [1.165, 1.54) is 5.56 Å². The number of ether oxygens (including phenoxy) is 3. The maximum atomic E-state index is 6.39. The van der Waals surface area contributed by atoms with E-state index in [0.29, 0.717) is 6.61 Å². The minimum atomic E-state index is -0.107. The fraction of sp³-hybridized carbons (Fsp3) is 0.321. The molecule has 0 aliphatic rings. The quantitative estimate of drug-likeness (QED) is 0.240. The highest BCUT2D eigenvalue weighted by Crippen LogP contribution is 2.29. The lowest BCUT2D eigenvalue weighted by atomic mass is 10.2. The van der Waals surface area contributed by atoms with Crippen LogP contribution in [0.3, 0.4) is 0 Å². The number of para-hydroxylation sites is 4. The monoisotopic (exact) mass is 444 g/mol. The molecule has 172 valence electrons. The first-order chi connectivity index (χ1) is 16.2. The van der Waals surface area contributed by atoms with Crippen molar-refractivity contribution in [1.82, 2.24) is 9.55 Å². The molecule has 0 radical (unpaired) electrons. The summed E-state index contributed by atoms with van der Waals surface area (Å²) in [6.07, 6.45) is 2.64. The first-order valence-electron chi connectivity index (χ1n) is 11.6. The number of imidazole rings is 1.